The topological polar surface area (TPSA) is 55.5 Å². The van der Waals surface area contributed by atoms with Crippen LogP contribution in [0.1, 0.15) is 17.2 Å². The van der Waals surface area contributed by atoms with Crippen LogP contribution in [0.3, 0.4) is 0 Å². The highest BCUT2D eigenvalue weighted by atomic mass is 16.5. The maximum Gasteiger partial charge on any atom is 0.160 e. The standard InChI is InChI=1S/C11H15NO2/c1-4-9(12)8-6-11(14-3)10(13)5-7(8)2/h4-6,9,13H,1,12H2,2-3H3/t9-/m0/s1. The van der Waals surface area contributed by atoms with Gasteiger partial charge in [0.1, 0.15) is 0 Å². The smallest absolute Gasteiger partial charge is 0.160 e. The van der Waals surface area contributed by atoms with Gasteiger partial charge < -0.3 is 15.6 Å². The zero-order chi connectivity index (χ0) is 10.7. The number of benzene rings is 1. The number of phenols is 1. The monoisotopic (exact) mass is 193 g/mol. The van der Waals surface area contributed by atoms with E-state index in [4.69, 9.17) is 10.5 Å². The van der Waals surface area contributed by atoms with E-state index < -0.39 is 0 Å². The molecule has 1 aromatic carbocycles. The van der Waals surface area contributed by atoms with Crippen LogP contribution in [0.5, 0.6) is 11.5 Å². The Morgan fingerprint density at radius 1 is 1.57 bits per heavy atom. The molecule has 0 unspecified atom stereocenters. The second-order valence-corrected chi connectivity index (χ2v) is 3.14. The SMILES string of the molecule is C=C[C@H](N)c1cc(OC)c(O)cc1C. The lowest BCUT2D eigenvalue weighted by Gasteiger charge is -2.13. The molecule has 1 rings (SSSR count). The van der Waals surface area contributed by atoms with Gasteiger partial charge in [0, 0.05) is 6.04 Å². The van der Waals surface area contributed by atoms with E-state index in [1.165, 1.54) is 7.11 Å². The van der Waals surface area contributed by atoms with Crippen molar-refractivity contribution in [2.75, 3.05) is 7.11 Å². The average molecular weight is 193 g/mol. The molecule has 3 nitrogen and oxygen atoms in total. The van der Waals surface area contributed by atoms with Crippen LogP contribution in [0.4, 0.5) is 0 Å². The van der Waals surface area contributed by atoms with Crippen molar-refractivity contribution < 1.29 is 9.84 Å². The van der Waals surface area contributed by atoms with Gasteiger partial charge in [0.2, 0.25) is 0 Å². The zero-order valence-corrected chi connectivity index (χ0v) is 8.45. The minimum absolute atomic E-state index is 0.130. The second-order valence-electron chi connectivity index (χ2n) is 3.14. The van der Waals surface area contributed by atoms with Crippen molar-refractivity contribution in [1.29, 1.82) is 0 Å². The number of phenolic OH excluding ortho intramolecular Hbond substituents is 1. The fraction of sp³-hybridized carbons (Fsp3) is 0.273. The van der Waals surface area contributed by atoms with Gasteiger partial charge in [0.05, 0.1) is 7.11 Å². The number of aryl methyl sites for hydroxylation is 1. The molecule has 0 aromatic heterocycles. The lowest BCUT2D eigenvalue weighted by Crippen LogP contribution is -2.08. The average Bonchev–Trinajstić information content (AvgIpc) is 2.17. The normalized spacial score (nSPS) is 12.2. The number of hydrogen-bond donors (Lipinski definition) is 2. The Morgan fingerprint density at radius 2 is 2.21 bits per heavy atom. The number of nitrogens with two attached hydrogens (primary N) is 1. The van der Waals surface area contributed by atoms with Crippen molar-refractivity contribution in [1.82, 2.24) is 0 Å². The van der Waals surface area contributed by atoms with E-state index in [0.29, 0.717) is 5.75 Å². The van der Waals surface area contributed by atoms with Crippen molar-refractivity contribution in [3.8, 4) is 11.5 Å². The third kappa shape index (κ3) is 1.88. The van der Waals surface area contributed by atoms with E-state index in [2.05, 4.69) is 6.58 Å². The molecule has 1 aromatic rings. The molecule has 0 bridgehead atoms. The summed E-state index contributed by atoms with van der Waals surface area (Å²) in [6.07, 6.45) is 1.65. The van der Waals surface area contributed by atoms with Crippen molar-refractivity contribution in [3.63, 3.8) is 0 Å². The van der Waals surface area contributed by atoms with Crippen molar-refractivity contribution >= 4 is 0 Å². The van der Waals surface area contributed by atoms with E-state index in [9.17, 15) is 5.11 Å². The number of hydrogen-bond acceptors (Lipinski definition) is 3. The Kier molecular flexibility index (Phi) is 3.14. The van der Waals surface area contributed by atoms with Gasteiger partial charge in [-0.2, -0.15) is 0 Å². The van der Waals surface area contributed by atoms with Gasteiger partial charge in [0.15, 0.2) is 11.5 Å². The molecule has 3 N–H and O–H groups in total. The van der Waals surface area contributed by atoms with E-state index in [1.54, 1.807) is 18.2 Å². The first kappa shape index (κ1) is 10.6. The van der Waals surface area contributed by atoms with Crippen LogP contribution in [0.2, 0.25) is 0 Å². The summed E-state index contributed by atoms with van der Waals surface area (Å²) in [4.78, 5) is 0. The molecule has 1 atom stereocenters. The van der Waals surface area contributed by atoms with E-state index in [0.717, 1.165) is 11.1 Å². The molecule has 0 aliphatic rings. The molecule has 0 radical (unpaired) electrons. The zero-order valence-electron chi connectivity index (χ0n) is 8.45. The molecule has 0 saturated carbocycles. The minimum atomic E-state index is -0.232. The lowest BCUT2D eigenvalue weighted by atomic mass is 10.0. The third-order valence-electron chi connectivity index (χ3n) is 2.18. The molecule has 3 heteroatoms. The highest BCUT2D eigenvalue weighted by Gasteiger charge is 2.10. The number of methoxy groups -OCH3 is 1. The van der Waals surface area contributed by atoms with Crippen LogP contribution in [0, 0.1) is 6.92 Å². The summed E-state index contributed by atoms with van der Waals surface area (Å²) in [5, 5.41) is 9.48. The fourth-order valence-corrected chi connectivity index (χ4v) is 1.34. The Bertz CT molecular complexity index is 347. The third-order valence-corrected chi connectivity index (χ3v) is 2.18. The van der Waals surface area contributed by atoms with Gasteiger partial charge in [-0.15, -0.1) is 6.58 Å². The highest BCUT2D eigenvalue weighted by molar-refractivity contribution is 5.47. The molecule has 0 spiro atoms. The van der Waals surface area contributed by atoms with Crippen molar-refractivity contribution in [2.24, 2.45) is 5.73 Å². The van der Waals surface area contributed by atoms with E-state index >= 15 is 0 Å². The Morgan fingerprint density at radius 3 is 2.71 bits per heavy atom. The lowest BCUT2D eigenvalue weighted by molar-refractivity contribution is 0.372. The number of aromatic hydroxyl groups is 1. The summed E-state index contributed by atoms with van der Waals surface area (Å²) in [7, 11) is 1.51. The van der Waals surface area contributed by atoms with Crippen LogP contribution in [-0.4, -0.2) is 12.2 Å². The number of ether oxygens (including phenoxy) is 1. The first-order chi connectivity index (χ1) is 6.60. The van der Waals surface area contributed by atoms with Gasteiger partial charge in [0.25, 0.3) is 0 Å². The van der Waals surface area contributed by atoms with Gasteiger partial charge in [-0.25, -0.2) is 0 Å². The van der Waals surface area contributed by atoms with Crippen molar-refractivity contribution in [3.05, 3.63) is 35.9 Å². The summed E-state index contributed by atoms with van der Waals surface area (Å²) in [5.41, 5.74) is 7.65. The Balaban J connectivity index is 3.23. The van der Waals surface area contributed by atoms with Crippen LogP contribution in [0.15, 0.2) is 24.8 Å². The van der Waals surface area contributed by atoms with E-state index in [1.807, 2.05) is 6.92 Å². The fourth-order valence-electron chi connectivity index (χ4n) is 1.34. The first-order valence-corrected chi connectivity index (χ1v) is 4.35. The molecular weight excluding hydrogens is 178 g/mol. The Labute approximate surface area is 83.8 Å². The van der Waals surface area contributed by atoms with Crippen LogP contribution in [0.25, 0.3) is 0 Å². The summed E-state index contributed by atoms with van der Waals surface area (Å²) in [6, 6.07) is 3.14. The molecule has 0 amide bonds. The molecule has 0 aliphatic carbocycles. The summed E-state index contributed by atoms with van der Waals surface area (Å²) in [5.74, 6) is 0.563. The predicted octanol–water partition coefficient (Wildman–Crippen LogP) is 1.90. The first-order valence-electron chi connectivity index (χ1n) is 4.35. The van der Waals surface area contributed by atoms with Gasteiger partial charge >= 0.3 is 0 Å². The largest absolute Gasteiger partial charge is 0.504 e. The second kappa shape index (κ2) is 4.15. The maximum absolute atomic E-state index is 9.48. The summed E-state index contributed by atoms with van der Waals surface area (Å²) >= 11 is 0. The van der Waals surface area contributed by atoms with Gasteiger partial charge in [-0.3, -0.25) is 0 Å². The van der Waals surface area contributed by atoms with E-state index in [-0.39, 0.29) is 11.8 Å². The van der Waals surface area contributed by atoms with Crippen LogP contribution in [-0.2, 0) is 0 Å². The quantitative estimate of drug-likeness (QED) is 0.721. The molecule has 0 heterocycles. The molecule has 0 fully saturated rings. The minimum Gasteiger partial charge on any atom is -0.504 e. The predicted molar refractivity (Wildman–Crippen MR) is 56.5 cm³/mol. The summed E-state index contributed by atoms with van der Waals surface area (Å²) < 4.78 is 5.00. The Hall–Kier alpha value is -1.48. The number of rotatable bonds is 3. The molecule has 0 aliphatic heterocycles. The van der Waals surface area contributed by atoms with Gasteiger partial charge in [-0.05, 0) is 30.2 Å². The van der Waals surface area contributed by atoms with Crippen molar-refractivity contribution in [2.45, 2.75) is 13.0 Å². The van der Waals surface area contributed by atoms with Crippen LogP contribution < -0.4 is 10.5 Å². The summed E-state index contributed by atoms with van der Waals surface area (Å²) in [6.45, 7) is 5.51. The molecular formula is C11H15NO2. The molecule has 76 valence electrons. The maximum atomic E-state index is 9.48. The highest BCUT2D eigenvalue weighted by Crippen LogP contribution is 2.31. The molecule has 14 heavy (non-hydrogen) atoms. The van der Waals surface area contributed by atoms with Crippen LogP contribution >= 0.6 is 0 Å². The van der Waals surface area contributed by atoms with Gasteiger partial charge in [-0.1, -0.05) is 6.08 Å². The molecule has 0 saturated heterocycles.